The fraction of sp³-hybridized carbons (Fsp3) is 0.308. The van der Waals surface area contributed by atoms with Crippen molar-refractivity contribution in [3.05, 3.63) is 39.7 Å². The molecule has 0 aliphatic heterocycles. The van der Waals surface area contributed by atoms with E-state index < -0.39 is 0 Å². The van der Waals surface area contributed by atoms with E-state index in [0.717, 1.165) is 15.8 Å². The van der Waals surface area contributed by atoms with Crippen LogP contribution in [0, 0.1) is 13.8 Å². The zero-order valence-corrected chi connectivity index (χ0v) is 10.8. The summed E-state index contributed by atoms with van der Waals surface area (Å²) < 4.78 is 2.02. The first-order valence-corrected chi connectivity index (χ1v) is 6.41. The number of pyridine rings is 1. The van der Waals surface area contributed by atoms with Gasteiger partial charge in [-0.15, -0.1) is 11.8 Å². The lowest BCUT2D eigenvalue weighted by atomic mass is 10.1. The van der Waals surface area contributed by atoms with E-state index in [1.807, 2.05) is 37.1 Å². The average Bonchev–Trinajstić information content (AvgIpc) is 2.26. The van der Waals surface area contributed by atoms with Crippen molar-refractivity contribution in [2.24, 2.45) is 7.05 Å². The first-order valence-electron chi connectivity index (χ1n) is 5.19. The third-order valence-electron chi connectivity index (χ3n) is 2.99. The van der Waals surface area contributed by atoms with E-state index in [1.54, 1.807) is 0 Å². The van der Waals surface area contributed by atoms with Crippen molar-refractivity contribution in [3.63, 3.8) is 0 Å². The zero-order valence-electron chi connectivity index (χ0n) is 10.00. The van der Waals surface area contributed by atoms with Gasteiger partial charge in [0, 0.05) is 18.6 Å². The SMILES string of the molecule is CSc1cn(C)c2cc(C)c(C)cc2c1=O. The number of fused-ring (bicyclic) bond motifs is 1. The van der Waals surface area contributed by atoms with Crippen LogP contribution in [0.1, 0.15) is 11.1 Å². The molecule has 84 valence electrons. The normalized spacial score (nSPS) is 11.0. The van der Waals surface area contributed by atoms with E-state index in [1.165, 1.54) is 22.9 Å². The summed E-state index contributed by atoms with van der Waals surface area (Å²) in [5.41, 5.74) is 3.54. The number of benzene rings is 1. The van der Waals surface area contributed by atoms with Crippen molar-refractivity contribution in [3.8, 4) is 0 Å². The van der Waals surface area contributed by atoms with Crippen molar-refractivity contribution in [1.29, 1.82) is 0 Å². The number of rotatable bonds is 1. The summed E-state index contributed by atoms with van der Waals surface area (Å²) in [6, 6.07) is 4.07. The van der Waals surface area contributed by atoms with Crippen molar-refractivity contribution in [2.75, 3.05) is 6.26 Å². The molecule has 16 heavy (non-hydrogen) atoms. The molecule has 0 N–H and O–H groups in total. The Morgan fingerprint density at radius 1 is 1.19 bits per heavy atom. The van der Waals surface area contributed by atoms with Gasteiger partial charge in [0.1, 0.15) is 0 Å². The second-order valence-corrected chi connectivity index (χ2v) is 4.94. The summed E-state index contributed by atoms with van der Waals surface area (Å²) in [5.74, 6) is 0. The molecule has 0 aliphatic carbocycles. The van der Waals surface area contributed by atoms with Crippen LogP contribution in [-0.4, -0.2) is 10.8 Å². The van der Waals surface area contributed by atoms with Gasteiger partial charge in [-0.3, -0.25) is 4.79 Å². The molecule has 2 rings (SSSR count). The molecule has 0 spiro atoms. The topological polar surface area (TPSA) is 22.0 Å². The molecule has 0 amide bonds. The fourth-order valence-electron chi connectivity index (χ4n) is 1.86. The number of hydrogen-bond donors (Lipinski definition) is 0. The number of aromatic nitrogens is 1. The largest absolute Gasteiger partial charge is 0.349 e. The molecule has 0 fully saturated rings. The van der Waals surface area contributed by atoms with Gasteiger partial charge in [0.25, 0.3) is 0 Å². The van der Waals surface area contributed by atoms with Gasteiger partial charge in [-0.25, -0.2) is 0 Å². The van der Waals surface area contributed by atoms with Crippen LogP contribution in [0.5, 0.6) is 0 Å². The molecular weight excluding hydrogens is 218 g/mol. The summed E-state index contributed by atoms with van der Waals surface area (Å²) in [7, 11) is 1.98. The molecule has 0 radical (unpaired) electrons. The van der Waals surface area contributed by atoms with E-state index in [-0.39, 0.29) is 5.43 Å². The second-order valence-electron chi connectivity index (χ2n) is 4.09. The number of hydrogen-bond acceptors (Lipinski definition) is 2. The molecule has 0 saturated carbocycles. The molecule has 0 bridgehead atoms. The highest BCUT2D eigenvalue weighted by Gasteiger charge is 2.07. The van der Waals surface area contributed by atoms with Crippen molar-refractivity contribution >= 4 is 22.7 Å². The molecular formula is C13H15NOS. The minimum atomic E-state index is 0.142. The molecule has 1 aromatic heterocycles. The van der Waals surface area contributed by atoms with E-state index in [2.05, 4.69) is 13.0 Å². The van der Waals surface area contributed by atoms with Gasteiger partial charge in [0.15, 0.2) is 0 Å². The predicted octanol–water partition coefficient (Wildman–Crippen LogP) is 2.88. The van der Waals surface area contributed by atoms with Gasteiger partial charge in [-0.1, -0.05) is 0 Å². The molecule has 0 aliphatic rings. The maximum Gasteiger partial charge on any atom is 0.202 e. The lowest BCUT2D eigenvalue weighted by molar-refractivity contribution is 0.923. The maximum atomic E-state index is 12.1. The Kier molecular flexibility index (Phi) is 2.80. The number of aryl methyl sites for hydroxylation is 3. The number of thioether (sulfide) groups is 1. The Bertz CT molecular complexity index is 613. The summed E-state index contributed by atoms with van der Waals surface area (Å²) in [4.78, 5) is 12.9. The highest BCUT2D eigenvalue weighted by molar-refractivity contribution is 7.98. The van der Waals surface area contributed by atoms with Gasteiger partial charge in [-0.05, 0) is 43.4 Å². The average molecular weight is 233 g/mol. The molecule has 0 atom stereocenters. The second kappa shape index (κ2) is 3.98. The summed E-state index contributed by atoms with van der Waals surface area (Å²) in [6.07, 6.45) is 3.84. The Balaban J connectivity index is 2.97. The standard InChI is InChI=1S/C13H15NOS/c1-8-5-10-11(6-9(8)2)14(3)7-12(16-4)13(10)15/h5-7H,1-4H3. The van der Waals surface area contributed by atoms with Gasteiger partial charge in [0.05, 0.1) is 10.4 Å². The van der Waals surface area contributed by atoms with Crippen molar-refractivity contribution in [2.45, 2.75) is 18.7 Å². The predicted molar refractivity (Wildman–Crippen MR) is 70.4 cm³/mol. The summed E-state index contributed by atoms with van der Waals surface area (Å²) in [5, 5.41) is 0.817. The van der Waals surface area contributed by atoms with E-state index >= 15 is 0 Å². The van der Waals surface area contributed by atoms with Gasteiger partial charge >= 0.3 is 0 Å². The molecule has 2 nitrogen and oxygen atoms in total. The van der Waals surface area contributed by atoms with Crippen LogP contribution in [0.25, 0.3) is 10.9 Å². The van der Waals surface area contributed by atoms with Crippen LogP contribution in [0.4, 0.5) is 0 Å². The van der Waals surface area contributed by atoms with Crippen molar-refractivity contribution < 1.29 is 0 Å². The Hall–Kier alpha value is -1.22. The monoisotopic (exact) mass is 233 g/mol. The molecule has 0 unspecified atom stereocenters. The Labute approximate surface area is 99.3 Å². The number of nitrogens with zero attached hydrogens (tertiary/aromatic N) is 1. The summed E-state index contributed by atoms with van der Waals surface area (Å²) >= 11 is 1.50. The lowest BCUT2D eigenvalue weighted by Crippen LogP contribution is -2.10. The minimum absolute atomic E-state index is 0.142. The third-order valence-corrected chi connectivity index (χ3v) is 3.72. The van der Waals surface area contributed by atoms with Crippen LogP contribution < -0.4 is 5.43 Å². The fourth-order valence-corrected chi connectivity index (χ4v) is 2.42. The lowest BCUT2D eigenvalue weighted by Gasteiger charge is -2.10. The molecule has 1 aromatic carbocycles. The smallest absolute Gasteiger partial charge is 0.202 e. The first kappa shape index (κ1) is 11.3. The zero-order chi connectivity index (χ0) is 11.9. The first-order chi connectivity index (χ1) is 7.54. The maximum absolute atomic E-state index is 12.1. The van der Waals surface area contributed by atoms with Gasteiger partial charge in [0.2, 0.25) is 5.43 Å². The van der Waals surface area contributed by atoms with Crippen LogP contribution in [0.3, 0.4) is 0 Å². The van der Waals surface area contributed by atoms with Gasteiger partial charge < -0.3 is 4.57 Å². The molecule has 2 aromatic rings. The molecule has 1 heterocycles. The van der Waals surface area contributed by atoms with E-state index in [0.29, 0.717) is 0 Å². The minimum Gasteiger partial charge on any atom is -0.349 e. The third kappa shape index (κ3) is 1.65. The highest BCUT2D eigenvalue weighted by Crippen LogP contribution is 2.19. The van der Waals surface area contributed by atoms with Crippen LogP contribution in [0.15, 0.2) is 28.0 Å². The van der Waals surface area contributed by atoms with Crippen LogP contribution >= 0.6 is 11.8 Å². The Morgan fingerprint density at radius 2 is 1.81 bits per heavy atom. The Morgan fingerprint density at radius 3 is 2.44 bits per heavy atom. The molecule has 0 saturated heterocycles. The summed E-state index contributed by atoms with van der Waals surface area (Å²) in [6.45, 7) is 4.11. The van der Waals surface area contributed by atoms with Gasteiger partial charge in [-0.2, -0.15) is 0 Å². The van der Waals surface area contributed by atoms with Crippen LogP contribution in [0.2, 0.25) is 0 Å². The highest BCUT2D eigenvalue weighted by atomic mass is 32.2. The van der Waals surface area contributed by atoms with E-state index in [9.17, 15) is 4.79 Å². The van der Waals surface area contributed by atoms with Crippen LogP contribution in [-0.2, 0) is 7.05 Å². The quantitative estimate of drug-likeness (QED) is 0.707. The molecule has 3 heteroatoms. The van der Waals surface area contributed by atoms with E-state index in [4.69, 9.17) is 0 Å². The van der Waals surface area contributed by atoms with Crippen molar-refractivity contribution in [1.82, 2.24) is 4.57 Å².